The van der Waals surface area contributed by atoms with Crippen LogP contribution < -0.4 is 0 Å². The van der Waals surface area contributed by atoms with Crippen molar-refractivity contribution in [3.8, 4) is 11.8 Å². The van der Waals surface area contributed by atoms with Gasteiger partial charge in [0.05, 0.1) is 0 Å². The molecule has 3 rings (SSSR count). The highest BCUT2D eigenvalue weighted by Gasteiger charge is 2.47. The van der Waals surface area contributed by atoms with E-state index in [2.05, 4.69) is 21.8 Å². The molecular formula is C24H28N2O4. The van der Waals surface area contributed by atoms with Gasteiger partial charge in [-0.25, -0.2) is 0 Å². The molecule has 1 heterocycles. The molecule has 2 fully saturated rings. The van der Waals surface area contributed by atoms with Crippen molar-refractivity contribution in [3.05, 3.63) is 34.4 Å². The summed E-state index contributed by atoms with van der Waals surface area (Å²) in [6.45, 7) is 6.71. The Balaban J connectivity index is 1.76. The zero-order chi connectivity index (χ0) is 21.9. The largest absolute Gasteiger partial charge is 0.399 e. The third-order valence-corrected chi connectivity index (χ3v) is 6.30. The Morgan fingerprint density at radius 2 is 1.73 bits per heavy atom. The summed E-state index contributed by atoms with van der Waals surface area (Å²) in [6.07, 6.45) is 3.21. The first-order valence-electron chi connectivity index (χ1n) is 10.2. The van der Waals surface area contributed by atoms with Crippen molar-refractivity contribution in [2.75, 3.05) is 20.2 Å². The predicted molar refractivity (Wildman–Crippen MR) is 114 cm³/mol. The standard InChI is InChI=1S/C24H28N2O4/c1-5-6-18-11-16(2)22(17(3)12-18)23-19(27)13-24(14-20(23)28)7-9-26(10-8-24)21(29)15-25-30-4/h11-12,15,23H,7-10,13-14H2,1-4H3/b25-15+. The first kappa shape index (κ1) is 21.8. The van der Waals surface area contributed by atoms with E-state index in [1.165, 1.54) is 7.11 Å². The molecule has 0 atom stereocenters. The monoisotopic (exact) mass is 408 g/mol. The third kappa shape index (κ3) is 4.30. The summed E-state index contributed by atoms with van der Waals surface area (Å²) in [7, 11) is 1.39. The Bertz CT molecular complexity index is 916. The van der Waals surface area contributed by atoms with Gasteiger partial charge in [-0.3, -0.25) is 14.4 Å². The summed E-state index contributed by atoms with van der Waals surface area (Å²) in [5.41, 5.74) is 3.28. The van der Waals surface area contributed by atoms with Crippen molar-refractivity contribution in [2.24, 2.45) is 10.6 Å². The third-order valence-electron chi connectivity index (χ3n) is 6.30. The molecule has 1 aliphatic carbocycles. The molecule has 0 radical (unpaired) electrons. The number of benzene rings is 1. The van der Waals surface area contributed by atoms with E-state index in [0.29, 0.717) is 38.8 Å². The van der Waals surface area contributed by atoms with E-state index in [1.54, 1.807) is 11.8 Å². The van der Waals surface area contributed by atoms with E-state index < -0.39 is 5.92 Å². The quantitative estimate of drug-likeness (QED) is 0.334. The van der Waals surface area contributed by atoms with E-state index in [4.69, 9.17) is 0 Å². The number of carbonyl (C=O) groups is 3. The van der Waals surface area contributed by atoms with E-state index in [1.807, 2.05) is 26.0 Å². The summed E-state index contributed by atoms with van der Waals surface area (Å²) in [5, 5.41) is 3.52. The number of Topliss-reactive ketones (excluding diaryl/α,β-unsaturated/α-hetero) is 2. The molecule has 0 unspecified atom stereocenters. The molecule has 0 aromatic heterocycles. The SMILES string of the molecule is CC#Cc1cc(C)c(C2C(=O)CC3(CCN(C(=O)/C=N/OC)CC3)CC2=O)c(C)c1. The Kier molecular flexibility index (Phi) is 6.40. The maximum atomic E-state index is 13.2. The number of oxime groups is 1. The lowest BCUT2D eigenvalue weighted by Crippen LogP contribution is -2.48. The zero-order valence-corrected chi connectivity index (χ0v) is 18.1. The topological polar surface area (TPSA) is 76.0 Å². The Morgan fingerprint density at radius 1 is 1.17 bits per heavy atom. The maximum Gasteiger partial charge on any atom is 0.268 e. The van der Waals surface area contributed by atoms with E-state index >= 15 is 0 Å². The number of piperidine rings is 1. The van der Waals surface area contributed by atoms with Crippen LogP contribution in [0.1, 0.15) is 60.8 Å². The van der Waals surface area contributed by atoms with E-state index in [9.17, 15) is 14.4 Å². The highest BCUT2D eigenvalue weighted by molar-refractivity contribution is 6.26. The number of rotatable bonds is 3. The van der Waals surface area contributed by atoms with Crippen molar-refractivity contribution >= 4 is 23.7 Å². The van der Waals surface area contributed by atoms with E-state index in [0.717, 1.165) is 28.5 Å². The fourth-order valence-corrected chi connectivity index (χ4v) is 4.89. The number of carbonyl (C=O) groups excluding carboxylic acids is 3. The number of amides is 1. The van der Waals surface area contributed by atoms with Gasteiger partial charge in [0.15, 0.2) is 0 Å². The molecule has 1 aromatic carbocycles. The van der Waals surface area contributed by atoms with Crippen LogP contribution in [0.4, 0.5) is 0 Å². The van der Waals surface area contributed by atoms with Gasteiger partial charge in [0, 0.05) is 31.5 Å². The summed E-state index contributed by atoms with van der Waals surface area (Å²) in [4.78, 5) is 44.7. The maximum absolute atomic E-state index is 13.2. The van der Waals surface area contributed by atoms with Crippen LogP contribution in [0.2, 0.25) is 0 Å². The summed E-state index contributed by atoms with van der Waals surface area (Å²) in [6, 6.07) is 3.91. The summed E-state index contributed by atoms with van der Waals surface area (Å²) >= 11 is 0. The molecule has 1 aliphatic heterocycles. The number of hydrogen-bond acceptors (Lipinski definition) is 5. The fourth-order valence-electron chi connectivity index (χ4n) is 4.89. The lowest BCUT2D eigenvalue weighted by atomic mass is 9.62. The summed E-state index contributed by atoms with van der Waals surface area (Å²) < 4.78 is 0. The van der Waals surface area contributed by atoms with Crippen LogP contribution in [-0.2, 0) is 19.2 Å². The second-order valence-corrected chi connectivity index (χ2v) is 8.36. The van der Waals surface area contributed by atoms with Crippen LogP contribution in [0.5, 0.6) is 0 Å². The second kappa shape index (κ2) is 8.83. The van der Waals surface area contributed by atoms with Crippen molar-refractivity contribution in [1.82, 2.24) is 4.90 Å². The van der Waals surface area contributed by atoms with Crippen LogP contribution in [0.3, 0.4) is 0 Å². The molecule has 6 nitrogen and oxygen atoms in total. The number of nitrogens with zero attached hydrogens (tertiary/aromatic N) is 2. The Morgan fingerprint density at radius 3 is 2.23 bits per heavy atom. The van der Waals surface area contributed by atoms with Crippen molar-refractivity contribution in [2.45, 2.75) is 52.4 Å². The fraction of sp³-hybridized carbons (Fsp3) is 0.500. The number of likely N-dealkylation sites (tertiary alicyclic amines) is 1. The lowest BCUT2D eigenvalue weighted by molar-refractivity contribution is -0.139. The van der Waals surface area contributed by atoms with Gasteiger partial charge in [-0.05, 0) is 67.9 Å². The summed E-state index contributed by atoms with van der Waals surface area (Å²) in [5.74, 6) is 5.02. The minimum atomic E-state index is -0.687. The molecule has 1 saturated carbocycles. The lowest BCUT2D eigenvalue weighted by Gasteiger charge is -2.44. The van der Waals surface area contributed by atoms with Crippen LogP contribution in [0.25, 0.3) is 0 Å². The molecule has 1 amide bonds. The molecular weight excluding hydrogens is 380 g/mol. The second-order valence-electron chi connectivity index (χ2n) is 8.36. The highest BCUT2D eigenvalue weighted by Crippen LogP contribution is 2.46. The average Bonchev–Trinajstić information content (AvgIpc) is 2.68. The van der Waals surface area contributed by atoms with E-state index in [-0.39, 0.29) is 22.9 Å². The molecule has 2 aliphatic rings. The van der Waals surface area contributed by atoms with Gasteiger partial charge in [-0.1, -0.05) is 11.1 Å². The Hall–Kier alpha value is -2.94. The smallest absolute Gasteiger partial charge is 0.268 e. The first-order valence-corrected chi connectivity index (χ1v) is 10.2. The van der Waals surface area contributed by atoms with Crippen LogP contribution in [0.15, 0.2) is 17.3 Å². The minimum Gasteiger partial charge on any atom is -0.399 e. The van der Waals surface area contributed by atoms with Crippen LogP contribution >= 0.6 is 0 Å². The number of aryl methyl sites for hydroxylation is 2. The Labute approximate surface area is 177 Å². The zero-order valence-electron chi connectivity index (χ0n) is 18.1. The number of ketones is 2. The average molecular weight is 408 g/mol. The van der Waals surface area contributed by atoms with Gasteiger partial charge in [-0.2, -0.15) is 0 Å². The molecule has 30 heavy (non-hydrogen) atoms. The molecule has 0 bridgehead atoms. The first-order chi connectivity index (χ1) is 14.3. The molecule has 1 saturated heterocycles. The van der Waals surface area contributed by atoms with Crippen molar-refractivity contribution < 1.29 is 19.2 Å². The molecule has 0 N–H and O–H groups in total. The van der Waals surface area contributed by atoms with Gasteiger partial charge < -0.3 is 9.74 Å². The number of hydrogen-bond donors (Lipinski definition) is 0. The van der Waals surface area contributed by atoms with Gasteiger partial charge in [0.1, 0.15) is 30.8 Å². The van der Waals surface area contributed by atoms with Gasteiger partial charge in [-0.15, -0.1) is 5.92 Å². The normalized spacial score (nSPS) is 19.1. The van der Waals surface area contributed by atoms with Gasteiger partial charge in [0.25, 0.3) is 5.91 Å². The molecule has 158 valence electrons. The van der Waals surface area contributed by atoms with Gasteiger partial charge in [0.2, 0.25) is 0 Å². The van der Waals surface area contributed by atoms with Gasteiger partial charge >= 0.3 is 0 Å². The molecule has 6 heteroatoms. The molecule has 1 aromatic rings. The minimum absolute atomic E-state index is 0.00695. The van der Waals surface area contributed by atoms with Crippen LogP contribution in [-0.4, -0.2) is 48.8 Å². The van der Waals surface area contributed by atoms with Crippen LogP contribution in [0, 0.1) is 31.1 Å². The van der Waals surface area contributed by atoms with Crippen molar-refractivity contribution in [3.63, 3.8) is 0 Å². The highest BCUT2D eigenvalue weighted by atomic mass is 16.6. The van der Waals surface area contributed by atoms with Crippen molar-refractivity contribution in [1.29, 1.82) is 0 Å². The predicted octanol–water partition coefficient (Wildman–Crippen LogP) is 2.93. The molecule has 1 spiro atoms.